The van der Waals surface area contributed by atoms with E-state index in [1.54, 1.807) is 29.2 Å². The number of nitrogens with zero attached hydrogens (tertiary/aromatic N) is 3. The number of aromatic nitrogens is 2. The summed E-state index contributed by atoms with van der Waals surface area (Å²) in [4.78, 5) is 30.4. The number of carbonyl (C=O) groups excluding carboxylic acids is 2. The largest absolute Gasteiger partial charge is 0.354 e. The predicted molar refractivity (Wildman–Crippen MR) is 91.9 cm³/mol. The Balaban J connectivity index is 1.77. The van der Waals surface area contributed by atoms with E-state index in [9.17, 15) is 9.59 Å². The molecule has 6 nitrogen and oxygen atoms in total. The van der Waals surface area contributed by atoms with Crippen LogP contribution in [0.3, 0.4) is 0 Å². The zero-order chi connectivity index (χ0) is 16.9. The van der Waals surface area contributed by atoms with E-state index in [0.29, 0.717) is 24.6 Å². The first kappa shape index (κ1) is 17.8. The van der Waals surface area contributed by atoms with Crippen molar-refractivity contribution in [2.45, 2.75) is 46.2 Å². The molecule has 0 radical (unpaired) electrons. The SMILES string of the molecule is CC(C)(C)CC(=O)N1CSC[C@H]1C(=O)NCCCn1ccnc1. The number of carbonyl (C=O) groups is 2. The molecule has 2 heterocycles. The zero-order valence-corrected chi connectivity index (χ0v) is 14.9. The Bertz CT molecular complexity index is 525. The first-order valence-corrected chi connectivity index (χ1v) is 9.13. The molecule has 1 aliphatic heterocycles. The topological polar surface area (TPSA) is 67.2 Å². The molecule has 1 N–H and O–H groups in total. The average molecular weight is 338 g/mol. The van der Waals surface area contributed by atoms with Crippen LogP contribution in [0.4, 0.5) is 0 Å². The van der Waals surface area contributed by atoms with Crippen molar-refractivity contribution in [3.63, 3.8) is 0 Å². The predicted octanol–water partition coefficient (Wildman–Crippen LogP) is 1.73. The van der Waals surface area contributed by atoms with Gasteiger partial charge in [-0.3, -0.25) is 9.59 Å². The fraction of sp³-hybridized carbons (Fsp3) is 0.688. The summed E-state index contributed by atoms with van der Waals surface area (Å²) >= 11 is 1.64. The van der Waals surface area contributed by atoms with Crippen LogP contribution >= 0.6 is 11.8 Å². The maximum atomic E-state index is 12.4. The Morgan fingerprint density at radius 3 is 2.83 bits per heavy atom. The zero-order valence-electron chi connectivity index (χ0n) is 14.1. The van der Waals surface area contributed by atoms with Crippen molar-refractivity contribution in [2.24, 2.45) is 5.41 Å². The molecule has 2 amide bonds. The number of imidazole rings is 1. The number of rotatable bonds is 6. The van der Waals surface area contributed by atoms with Gasteiger partial charge < -0.3 is 14.8 Å². The molecule has 0 saturated carbocycles. The maximum Gasteiger partial charge on any atom is 0.243 e. The van der Waals surface area contributed by atoms with Gasteiger partial charge in [0.1, 0.15) is 6.04 Å². The first-order valence-electron chi connectivity index (χ1n) is 7.97. The second-order valence-electron chi connectivity index (χ2n) is 7.06. The van der Waals surface area contributed by atoms with Crippen LogP contribution in [0, 0.1) is 5.41 Å². The molecule has 0 aromatic carbocycles. The summed E-state index contributed by atoms with van der Waals surface area (Å²) in [6.07, 6.45) is 6.73. The normalized spacial score (nSPS) is 18.2. The molecule has 1 atom stereocenters. The number of amides is 2. The van der Waals surface area contributed by atoms with Crippen molar-refractivity contribution >= 4 is 23.6 Å². The highest BCUT2D eigenvalue weighted by atomic mass is 32.2. The van der Waals surface area contributed by atoms with Gasteiger partial charge in [0.15, 0.2) is 0 Å². The molecule has 23 heavy (non-hydrogen) atoms. The minimum absolute atomic E-state index is 0.0390. The van der Waals surface area contributed by atoms with Crippen LogP contribution in [-0.2, 0) is 16.1 Å². The number of hydrogen-bond donors (Lipinski definition) is 1. The highest BCUT2D eigenvalue weighted by Gasteiger charge is 2.35. The van der Waals surface area contributed by atoms with Crippen LogP contribution in [0.5, 0.6) is 0 Å². The Labute approximate surface area is 142 Å². The van der Waals surface area contributed by atoms with Gasteiger partial charge in [-0.25, -0.2) is 4.98 Å². The Morgan fingerprint density at radius 2 is 2.17 bits per heavy atom. The standard InChI is InChI=1S/C16H26N4O2S/c1-16(2,3)9-14(21)20-12-23-10-13(20)15(22)18-5-4-7-19-8-6-17-11-19/h6,8,11,13H,4-5,7,9-10,12H2,1-3H3,(H,18,22)/t13-/m0/s1. The molecule has 0 aliphatic carbocycles. The fourth-order valence-corrected chi connectivity index (χ4v) is 3.65. The summed E-state index contributed by atoms with van der Waals surface area (Å²) < 4.78 is 1.98. The smallest absolute Gasteiger partial charge is 0.243 e. The van der Waals surface area contributed by atoms with Crippen molar-refractivity contribution in [2.75, 3.05) is 18.2 Å². The van der Waals surface area contributed by atoms with Gasteiger partial charge in [-0.2, -0.15) is 0 Å². The summed E-state index contributed by atoms with van der Waals surface area (Å²) in [5.74, 6) is 1.33. The number of nitrogens with one attached hydrogen (secondary N) is 1. The second kappa shape index (κ2) is 7.86. The Kier molecular flexibility index (Phi) is 6.10. The second-order valence-corrected chi connectivity index (χ2v) is 8.06. The molecule has 2 rings (SSSR count). The first-order chi connectivity index (χ1) is 10.9. The molecule has 0 spiro atoms. The van der Waals surface area contributed by atoms with Gasteiger partial charge in [0.2, 0.25) is 11.8 Å². The quantitative estimate of drug-likeness (QED) is 0.802. The summed E-state index contributed by atoms with van der Waals surface area (Å²) in [7, 11) is 0. The van der Waals surface area contributed by atoms with E-state index in [4.69, 9.17) is 0 Å². The van der Waals surface area contributed by atoms with Crippen LogP contribution in [0.1, 0.15) is 33.6 Å². The van der Waals surface area contributed by atoms with Crippen LogP contribution in [0.15, 0.2) is 18.7 Å². The monoisotopic (exact) mass is 338 g/mol. The molecule has 0 bridgehead atoms. The highest BCUT2D eigenvalue weighted by molar-refractivity contribution is 7.99. The molecular formula is C16H26N4O2S. The summed E-state index contributed by atoms with van der Waals surface area (Å²) in [5.41, 5.74) is -0.0594. The highest BCUT2D eigenvalue weighted by Crippen LogP contribution is 2.26. The molecule has 1 aromatic rings. The van der Waals surface area contributed by atoms with Crippen LogP contribution in [-0.4, -0.2) is 50.5 Å². The van der Waals surface area contributed by atoms with Gasteiger partial charge in [0.05, 0.1) is 12.2 Å². The number of aryl methyl sites for hydroxylation is 1. The summed E-state index contributed by atoms with van der Waals surface area (Å²) in [6, 6.07) is -0.330. The molecule has 1 aliphatic rings. The lowest BCUT2D eigenvalue weighted by Crippen LogP contribution is -2.48. The number of hydrogen-bond acceptors (Lipinski definition) is 4. The minimum atomic E-state index is -0.330. The fourth-order valence-electron chi connectivity index (χ4n) is 2.47. The van der Waals surface area contributed by atoms with Crippen molar-refractivity contribution in [1.29, 1.82) is 0 Å². The van der Waals surface area contributed by atoms with E-state index in [0.717, 1.165) is 13.0 Å². The van der Waals surface area contributed by atoms with Gasteiger partial charge in [-0.05, 0) is 11.8 Å². The lowest BCUT2D eigenvalue weighted by Gasteiger charge is -2.26. The van der Waals surface area contributed by atoms with Crippen molar-refractivity contribution in [3.8, 4) is 0 Å². The Hall–Kier alpha value is -1.50. The molecule has 128 valence electrons. The Morgan fingerprint density at radius 1 is 1.39 bits per heavy atom. The third kappa shape index (κ3) is 5.57. The molecule has 7 heteroatoms. The van der Waals surface area contributed by atoms with Crippen molar-refractivity contribution < 1.29 is 9.59 Å². The lowest BCUT2D eigenvalue weighted by molar-refractivity contribution is -0.139. The molecule has 1 aromatic heterocycles. The molecular weight excluding hydrogens is 312 g/mol. The average Bonchev–Trinajstić information content (AvgIpc) is 3.12. The van der Waals surface area contributed by atoms with E-state index in [2.05, 4.69) is 10.3 Å². The van der Waals surface area contributed by atoms with Crippen molar-refractivity contribution in [1.82, 2.24) is 19.8 Å². The van der Waals surface area contributed by atoms with E-state index >= 15 is 0 Å². The third-order valence-corrected chi connectivity index (χ3v) is 4.65. The molecule has 1 fully saturated rings. The van der Waals surface area contributed by atoms with Gasteiger partial charge >= 0.3 is 0 Å². The lowest BCUT2D eigenvalue weighted by atomic mass is 9.91. The minimum Gasteiger partial charge on any atom is -0.354 e. The van der Waals surface area contributed by atoms with E-state index in [1.807, 2.05) is 31.5 Å². The van der Waals surface area contributed by atoms with Gasteiger partial charge in [-0.1, -0.05) is 20.8 Å². The molecule has 0 unspecified atom stereocenters. The van der Waals surface area contributed by atoms with Crippen LogP contribution in [0.2, 0.25) is 0 Å². The van der Waals surface area contributed by atoms with Crippen molar-refractivity contribution in [3.05, 3.63) is 18.7 Å². The van der Waals surface area contributed by atoms with E-state index < -0.39 is 0 Å². The third-order valence-electron chi connectivity index (χ3n) is 3.64. The van der Waals surface area contributed by atoms with E-state index in [-0.39, 0.29) is 23.3 Å². The maximum absolute atomic E-state index is 12.4. The summed E-state index contributed by atoms with van der Waals surface area (Å²) in [5, 5.41) is 2.95. The van der Waals surface area contributed by atoms with Crippen LogP contribution in [0.25, 0.3) is 0 Å². The summed E-state index contributed by atoms with van der Waals surface area (Å²) in [6.45, 7) is 7.56. The number of thioether (sulfide) groups is 1. The molecule has 1 saturated heterocycles. The van der Waals surface area contributed by atoms with E-state index in [1.165, 1.54) is 0 Å². The van der Waals surface area contributed by atoms with Crippen LogP contribution < -0.4 is 5.32 Å². The van der Waals surface area contributed by atoms with Gasteiger partial charge in [0, 0.05) is 37.7 Å². The van der Waals surface area contributed by atoms with Gasteiger partial charge in [-0.15, -0.1) is 11.8 Å². The van der Waals surface area contributed by atoms with Gasteiger partial charge in [0.25, 0.3) is 0 Å².